The molecule has 0 radical (unpaired) electrons. The molecule has 0 spiro atoms. The van der Waals surface area contributed by atoms with E-state index in [4.69, 9.17) is 0 Å². The molecule has 5 heteroatoms. The van der Waals surface area contributed by atoms with Crippen LogP contribution in [0.5, 0.6) is 0 Å². The molecule has 90 valence electrons. The average molecular weight is 315 g/mol. The molecule has 0 saturated heterocycles. The molecule has 17 heavy (non-hydrogen) atoms. The molecule has 1 heterocycles. The molecule has 0 bridgehead atoms. The van der Waals surface area contributed by atoms with Gasteiger partial charge in [-0.3, -0.25) is 0 Å². The Hall–Kier alpha value is -0.780. The van der Waals surface area contributed by atoms with Crippen LogP contribution in [0.15, 0.2) is 28.1 Å². The molecule has 0 atom stereocenters. The monoisotopic (exact) mass is 314 g/mol. The highest BCUT2D eigenvalue weighted by atomic mass is 79.9. The number of thiazole rings is 1. The molecule has 1 aromatic carbocycles. The number of aryl methyl sites for hydroxylation is 1. The summed E-state index contributed by atoms with van der Waals surface area (Å²) in [7, 11) is 0. The van der Waals surface area contributed by atoms with E-state index < -0.39 is 0 Å². The summed E-state index contributed by atoms with van der Waals surface area (Å²) >= 11 is 4.86. The van der Waals surface area contributed by atoms with E-state index in [-0.39, 0.29) is 5.82 Å². The van der Waals surface area contributed by atoms with Crippen molar-refractivity contribution in [2.24, 2.45) is 0 Å². The minimum Gasteiger partial charge on any atom is -0.307 e. The van der Waals surface area contributed by atoms with Crippen LogP contribution in [0.25, 0.3) is 0 Å². The second-order valence-electron chi connectivity index (χ2n) is 3.70. The van der Waals surface area contributed by atoms with Crippen LogP contribution in [0.4, 0.5) is 4.39 Å². The van der Waals surface area contributed by atoms with E-state index >= 15 is 0 Å². The maximum absolute atomic E-state index is 13.5. The Morgan fingerprint density at radius 1 is 1.41 bits per heavy atom. The third kappa shape index (κ3) is 3.59. The first kappa shape index (κ1) is 12.7. The lowest BCUT2D eigenvalue weighted by molar-refractivity contribution is 0.585. The number of benzene rings is 1. The zero-order chi connectivity index (χ0) is 12.3. The van der Waals surface area contributed by atoms with Gasteiger partial charge >= 0.3 is 0 Å². The number of nitrogens with zero attached hydrogens (tertiary/aromatic N) is 1. The smallest absolute Gasteiger partial charge is 0.128 e. The molecule has 2 aromatic rings. The second kappa shape index (κ2) is 5.71. The summed E-state index contributed by atoms with van der Waals surface area (Å²) in [6, 6.07) is 5.09. The van der Waals surface area contributed by atoms with Crippen LogP contribution in [-0.4, -0.2) is 4.98 Å². The standard InChI is InChI=1S/C12H12BrFN2S/c1-8-16-11(7-17-8)6-15-5-9-2-3-10(13)4-12(9)14/h2-4,7,15H,5-6H2,1H3. The fourth-order valence-electron chi connectivity index (χ4n) is 1.48. The highest BCUT2D eigenvalue weighted by Gasteiger charge is 2.03. The number of aromatic nitrogens is 1. The summed E-state index contributed by atoms with van der Waals surface area (Å²) < 4.78 is 14.3. The van der Waals surface area contributed by atoms with Gasteiger partial charge in [-0.15, -0.1) is 11.3 Å². The van der Waals surface area contributed by atoms with Gasteiger partial charge in [0, 0.05) is 28.5 Å². The summed E-state index contributed by atoms with van der Waals surface area (Å²) in [5.74, 6) is -0.193. The Morgan fingerprint density at radius 2 is 2.24 bits per heavy atom. The van der Waals surface area contributed by atoms with Crippen molar-refractivity contribution in [3.05, 3.63) is 50.1 Å². The van der Waals surface area contributed by atoms with E-state index in [0.29, 0.717) is 18.7 Å². The normalized spacial score (nSPS) is 10.8. The van der Waals surface area contributed by atoms with E-state index in [9.17, 15) is 4.39 Å². The first-order valence-electron chi connectivity index (χ1n) is 5.21. The summed E-state index contributed by atoms with van der Waals surface area (Å²) in [5, 5.41) is 6.25. The van der Waals surface area contributed by atoms with E-state index in [1.165, 1.54) is 6.07 Å². The number of nitrogens with one attached hydrogen (secondary N) is 1. The molecular formula is C12H12BrFN2S. The Morgan fingerprint density at radius 3 is 2.88 bits per heavy atom. The average Bonchev–Trinajstić information content (AvgIpc) is 2.68. The fourth-order valence-corrected chi connectivity index (χ4v) is 2.43. The molecule has 0 amide bonds. The van der Waals surface area contributed by atoms with Crippen molar-refractivity contribution in [3.63, 3.8) is 0 Å². The highest BCUT2D eigenvalue weighted by Crippen LogP contribution is 2.15. The van der Waals surface area contributed by atoms with Crippen molar-refractivity contribution in [2.75, 3.05) is 0 Å². The van der Waals surface area contributed by atoms with E-state index in [1.54, 1.807) is 17.4 Å². The summed E-state index contributed by atoms with van der Waals surface area (Å²) in [5.41, 5.74) is 1.67. The van der Waals surface area contributed by atoms with Gasteiger partial charge in [0.1, 0.15) is 5.82 Å². The zero-order valence-electron chi connectivity index (χ0n) is 9.34. The largest absolute Gasteiger partial charge is 0.307 e. The molecule has 1 N–H and O–H groups in total. The Kier molecular flexibility index (Phi) is 4.25. The van der Waals surface area contributed by atoms with Crippen LogP contribution < -0.4 is 5.32 Å². The Labute approximate surface area is 112 Å². The third-order valence-electron chi connectivity index (χ3n) is 2.30. The molecule has 0 unspecified atom stereocenters. The number of hydrogen-bond donors (Lipinski definition) is 1. The summed E-state index contributed by atoms with van der Waals surface area (Å²) in [6.45, 7) is 3.15. The molecule has 0 aliphatic rings. The molecule has 0 saturated carbocycles. The van der Waals surface area contributed by atoms with Crippen molar-refractivity contribution in [1.82, 2.24) is 10.3 Å². The van der Waals surface area contributed by atoms with Gasteiger partial charge in [-0.25, -0.2) is 9.37 Å². The fraction of sp³-hybridized carbons (Fsp3) is 0.250. The van der Waals surface area contributed by atoms with Crippen LogP contribution in [-0.2, 0) is 13.1 Å². The van der Waals surface area contributed by atoms with Gasteiger partial charge in [-0.1, -0.05) is 22.0 Å². The second-order valence-corrected chi connectivity index (χ2v) is 5.68. The van der Waals surface area contributed by atoms with Crippen LogP contribution in [0.3, 0.4) is 0 Å². The van der Waals surface area contributed by atoms with Gasteiger partial charge in [0.2, 0.25) is 0 Å². The maximum atomic E-state index is 13.5. The van der Waals surface area contributed by atoms with Crippen molar-refractivity contribution in [3.8, 4) is 0 Å². The number of hydrogen-bond acceptors (Lipinski definition) is 3. The topological polar surface area (TPSA) is 24.9 Å². The van der Waals surface area contributed by atoms with Crippen LogP contribution in [0, 0.1) is 12.7 Å². The SMILES string of the molecule is Cc1nc(CNCc2ccc(Br)cc2F)cs1. The van der Waals surface area contributed by atoms with E-state index in [0.717, 1.165) is 15.2 Å². The first-order valence-corrected chi connectivity index (χ1v) is 6.88. The van der Waals surface area contributed by atoms with Gasteiger partial charge in [-0.05, 0) is 19.1 Å². The molecule has 2 nitrogen and oxygen atoms in total. The molecule has 0 fully saturated rings. The highest BCUT2D eigenvalue weighted by molar-refractivity contribution is 9.10. The Balaban J connectivity index is 1.90. The van der Waals surface area contributed by atoms with Crippen LogP contribution >= 0.6 is 27.3 Å². The van der Waals surface area contributed by atoms with Crippen LogP contribution in [0.1, 0.15) is 16.3 Å². The lowest BCUT2D eigenvalue weighted by Gasteiger charge is -2.04. The van der Waals surface area contributed by atoms with Gasteiger partial charge in [-0.2, -0.15) is 0 Å². The third-order valence-corrected chi connectivity index (χ3v) is 3.62. The molecule has 0 aliphatic heterocycles. The quantitative estimate of drug-likeness (QED) is 0.932. The molecule has 1 aromatic heterocycles. The van der Waals surface area contributed by atoms with E-state index in [1.807, 2.05) is 18.4 Å². The van der Waals surface area contributed by atoms with Crippen molar-refractivity contribution in [1.29, 1.82) is 0 Å². The molecule has 2 rings (SSSR count). The van der Waals surface area contributed by atoms with Crippen molar-refractivity contribution in [2.45, 2.75) is 20.0 Å². The summed E-state index contributed by atoms with van der Waals surface area (Å²) in [6.07, 6.45) is 0. The first-order chi connectivity index (χ1) is 8.15. The van der Waals surface area contributed by atoms with Gasteiger partial charge in [0.05, 0.1) is 10.7 Å². The predicted octanol–water partition coefficient (Wildman–Crippen LogP) is 3.64. The van der Waals surface area contributed by atoms with Gasteiger partial charge in [0.25, 0.3) is 0 Å². The molecule has 0 aliphatic carbocycles. The van der Waals surface area contributed by atoms with E-state index in [2.05, 4.69) is 26.2 Å². The Bertz CT molecular complexity index is 513. The number of rotatable bonds is 4. The number of halogens is 2. The lowest BCUT2D eigenvalue weighted by atomic mass is 10.2. The van der Waals surface area contributed by atoms with Crippen molar-refractivity contribution >= 4 is 27.3 Å². The maximum Gasteiger partial charge on any atom is 0.128 e. The van der Waals surface area contributed by atoms with Gasteiger partial charge in [0.15, 0.2) is 0 Å². The summed E-state index contributed by atoms with van der Waals surface area (Å²) in [4.78, 5) is 4.33. The predicted molar refractivity (Wildman–Crippen MR) is 71.5 cm³/mol. The van der Waals surface area contributed by atoms with Crippen LogP contribution in [0.2, 0.25) is 0 Å². The zero-order valence-corrected chi connectivity index (χ0v) is 11.7. The van der Waals surface area contributed by atoms with Gasteiger partial charge < -0.3 is 5.32 Å². The van der Waals surface area contributed by atoms with Crippen molar-refractivity contribution < 1.29 is 4.39 Å². The minimum absolute atomic E-state index is 0.193. The molecular weight excluding hydrogens is 303 g/mol. The lowest BCUT2D eigenvalue weighted by Crippen LogP contribution is -2.13. The minimum atomic E-state index is -0.193.